The van der Waals surface area contributed by atoms with Crippen LogP contribution in [0.4, 0.5) is 5.00 Å². The Bertz CT molecular complexity index is 641. The molecule has 2 rings (SSSR count). The van der Waals surface area contributed by atoms with Gasteiger partial charge in [0.05, 0.1) is 11.3 Å². The van der Waals surface area contributed by atoms with Crippen LogP contribution in [0.25, 0.3) is 0 Å². The van der Waals surface area contributed by atoms with Gasteiger partial charge in [-0.05, 0) is 24.3 Å². The predicted molar refractivity (Wildman–Crippen MR) is 98.3 cm³/mol. The van der Waals surface area contributed by atoms with Gasteiger partial charge in [0.15, 0.2) is 6.61 Å². The first-order chi connectivity index (χ1) is 11.5. The zero-order valence-electron chi connectivity index (χ0n) is 12.8. The number of ether oxygens (including phenoxy) is 1. The Hall–Kier alpha value is -1.65. The van der Waals surface area contributed by atoms with Crippen molar-refractivity contribution in [2.75, 3.05) is 30.8 Å². The molecule has 1 fully saturated rings. The molecule has 1 aliphatic rings. The smallest absolute Gasteiger partial charge is 0.316 e. The monoisotopic (exact) mass is 387 g/mol. The summed E-state index contributed by atoms with van der Waals surface area (Å²) in [6.45, 7) is 1.42. The highest BCUT2D eigenvalue weighted by Gasteiger charge is 2.17. The number of likely N-dealkylation sites (tertiary alicyclic amines) is 1. The number of thiophene rings is 1. The molecule has 1 aromatic rings. The van der Waals surface area contributed by atoms with Gasteiger partial charge in [-0.25, -0.2) is 0 Å². The first-order valence-electron chi connectivity index (χ1n) is 7.22. The molecule has 0 atom stereocenters. The fourth-order valence-corrected chi connectivity index (χ4v) is 3.92. The number of hydrogen-bond acceptors (Lipinski definition) is 7. The lowest BCUT2D eigenvalue weighted by Gasteiger charge is -2.17. The zero-order valence-corrected chi connectivity index (χ0v) is 15.2. The highest BCUT2D eigenvalue weighted by atomic mass is 32.2. The largest absolute Gasteiger partial charge is 0.455 e. The number of esters is 1. The summed E-state index contributed by atoms with van der Waals surface area (Å²) < 4.78 is 5.58. The van der Waals surface area contributed by atoms with Crippen molar-refractivity contribution in [1.29, 1.82) is 0 Å². The quantitative estimate of drug-likeness (QED) is 0.562. The van der Waals surface area contributed by atoms with Crippen molar-refractivity contribution in [3.8, 4) is 0 Å². The molecule has 1 saturated heterocycles. The van der Waals surface area contributed by atoms with E-state index in [2.05, 4.69) is 10.2 Å². The van der Waals surface area contributed by atoms with E-state index in [-0.39, 0.29) is 11.3 Å². The summed E-state index contributed by atoms with van der Waals surface area (Å²) in [4.78, 5) is 36.7. The molecule has 0 unspecified atom stereocenters. The molecule has 0 aromatic carbocycles. The molecule has 24 heavy (non-hydrogen) atoms. The fourth-order valence-electron chi connectivity index (χ4n) is 2.06. The van der Waals surface area contributed by atoms with Crippen molar-refractivity contribution in [2.45, 2.75) is 12.8 Å². The second-order valence-electron chi connectivity index (χ2n) is 4.99. The minimum atomic E-state index is -0.629. The summed E-state index contributed by atoms with van der Waals surface area (Å²) in [5.41, 5.74) is 5.42. The molecule has 0 aliphatic carbocycles. The van der Waals surface area contributed by atoms with Crippen LogP contribution in [-0.4, -0.2) is 52.5 Å². The molecule has 1 aliphatic heterocycles. The maximum absolute atomic E-state index is 11.8. The molecule has 2 heterocycles. The second kappa shape index (κ2) is 9.00. The Morgan fingerprint density at radius 1 is 1.38 bits per heavy atom. The maximum Gasteiger partial charge on any atom is 0.316 e. The highest BCUT2D eigenvalue weighted by Crippen LogP contribution is 2.22. The van der Waals surface area contributed by atoms with Crippen LogP contribution < -0.4 is 11.1 Å². The molecular formula is C14H17N3O4S3. The van der Waals surface area contributed by atoms with E-state index in [0.29, 0.717) is 9.32 Å². The molecule has 0 bridgehead atoms. The first kappa shape index (κ1) is 18.7. The van der Waals surface area contributed by atoms with Crippen LogP contribution >= 0.6 is 35.3 Å². The van der Waals surface area contributed by atoms with E-state index >= 15 is 0 Å². The lowest BCUT2D eigenvalue weighted by molar-refractivity contribution is -0.144. The van der Waals surface area contributed by atoms with Crippen molar-refractivity contribution >= 4 is 62.4 Å². The third-order valence-electron chi connectivity index (χ3n) is 3.23. The van der Waals surface area contributed by atoms with E-state index in [9.17, 15) is 14.4 Å². The Kier molecular flexibility index (Phi) is 7.00. The summed E-state index contributed by atoms with van der Waals surface area (Å²) in [6.07, 6.45) is 2.22. The van der Waals surface area contributed by atoms with Crippen LogP contribution in [-0.2, 0) is 14.3 Å². The number of thioether (sulfide) groups is 1. The average molecular weight is 388 g/mol. The topological polar surface area (TPSA) is 102 Å². The number of carbonyl (C=O) groups excluding carboxylic acids is 3. The molecule has 2 amide bonds. The third-order valence-corrected chi connectivity index (χ3v) is 5.55. The maximum atomic E-state index is 11.8. The van der Waals surface area contributed by atoms with Gasteiger partial charge >= 0.3 is 5.97 Å². The third kappa shape index (κ3) is 5.46. The number of anilines is 1. The number of nitrogens with one attached hydrogen (secondary N) is 1. The number of carbonyl (C=O) groups is 3. The predicted octanol–water partition coefficient (Wildman–Crippen LogP) is 1.44. The van der Waals surface area contributed by atoms with Crippen LogP contribution in [0.5, 0.6) is 0 Å². The van der Waals surface area contributed by atoms with Gasteiger partial charge in [0.2, 0.25) is 0 Å². The van der Waals surface area contributed by atoms with Gasteiger partial charge in [-0.15, -0.1) is 11.3 Å². The summed E-state index contributed by atoms with van der Waals surface area (Å²) >= 11 is 7.65. The Morgan fingerprint density at radius 3 is 2.75 bits per heavy atom. The van der Waals surface area contributed by atoms with E-state index < -0.39 is 24.4 Å². The number of primary amides is 1. The molecular weight excluding hydrogens is 370 g/mol. The van der Waals surface area contributed by atoms with Crippen molar-refractivity contribution in [3.63, 3.8) is 0 Å². The van der Waals surface area contributed by atoms with E-state index in [1.165, 1.54) is 29.2 Å². The molecule has 7 nitrogen and oxygen atoms in total. The van der Waals surface area contributed by atoms with Gasteiger partial charge in [-0.1, -0.05) is 24.0 Å². The van der Waals surface area contributed by atoms with Crippen molar-refractivity contribution in [3.05, 3.63) is 17.0 Å². The fraction of sp³-hybridized carbons (Fsp3) is 0.429. The molecule has 3 N–H and O–H groups in total. The first-order valence-corrected chi connectivity index (χ1v) is 9.49. The Balaban J connectivity index is 1.69. The van der Waals surface area contributed by atoms with E-state index in [4.69, 9.17) is 22.7 Å². The number of amides is 2. The number of thiocarbonyl (C=S) groups is 1. The SMILES string of the molecule is NC(=O)c1ccsc1NC(=O)COC(=O)CSC(=S)N1CCCC1. The van der Waals surface area contributed by atoms with Crippen LogP contribution in [0.2, 0.25) is 0 Å². The van der Waals surface area contributed by atoms with Gasteiger partial charge in [0, 0.05) is 13.1 Å². The number of hydrogen-bond donors (Lipinski definition) is 2. The van der Waals surface area contributed by atoms with Crippen LogP contribution in [0.3, 0.4) is 0 Å². The number of nitrogens with two attached hydrogens (primary N) is 1. The minimum absolute atomic E-state index is 0.0636. The summed E-state index contributed by atoms with van der Waals surface area (Å²) in [6, 6.07) is 1.52. The molecule has 130 valence electrons. The van der Waals surface area contributed by atoms with Crippen molar-refractivity contribution in [1.82, 2.24) is 4.90 Å². The number of rotatable bonds is 6. The molecule has 0 radical (unpaired) electrons. The van der Waals surface area contributed by atoms with Gasteiger partial charge in [-0.3, -0.25) is 14.4 Å². The molecule has 1 aromatic heterocycles. The van der Waals surface area contributed by atoms with Gasteiger partial charge in [-0.2, -0.15) is 0 Å². The van der Waals surface area contributed by atoms with Crippen molar-refractivity contribution in [2.24, 2.45) is 5.73 Å². The van der Waals surface area contributed by atoms with Crippen LogP contribution in [0.15, 0.2) is 11.4 Å². The van der Waals surface area contributed by atoms with Crippen molar-refractivity contribution < 1.29 is 19.1 Å². The van der Waals surface area contributed by atoms with Gasteiger partial charge < -0.3 is 20.7 Å². The molecule has 0 saturated carbocycles. The van der Waals surface area contributed by atoms with Crippen LogP contribution in [0.1, 0.15) is 23.2 Å². The lowest BCUT2D eigenvalue weighted by atomic mass is 10.3. The Morgan fingerprint density at radius 2 is 2.08 bits per heavy atom. The molecule has 10 heteroatoms. The van der Waals surface area contributed by atoms with E-state index in [1.807, 2.05) is 0 Å². The summed E-state index contributed by atoms with van der Waals surface area (Å²) in [5, 5.41) is 4.47. The summed E-state index contributed by atoms with van der Waals surface area (Å²) in [7, 11) is 0. The Labute approximate surface area is 152 Å². The standard InChI is InChI=1S/C14H17N3O4S3/c15-12(20)9-3-6-23-13(9)16-10(18)7-21-11(19)8-24-14(22)17-4-1-2-5-17/h3,6H,1-2,4-5,7-8H2,(H2,15,20)(H,16,18). The van der Waals surface area contributed by atoms with Crippen LogP contribution in [0, 0.1) is 0 Å². The average Bonchev–Trinajstić information content (AvgIpc) is 3.21. The normalized spacial score (nSPS) is 13.6. The molecule has 0 spiro atoms. The number of nitrogens with zero attached hydrogens (tertiary/aromatic N) is 1. The highest BCUT2D eigenvalue weighted by molar-refractivity contribution is 8.23. The lowest BCUT2D eigenvalue weighted by Crippen LogP contribution is -2.26. The van der Waals surface area contributed by atoms with Gasteiger partial charge in [0.1, 0.15) is 9.32 Å². The minimum Gasteiger partial charge on any atom is -0.455 e. The zero-order chi connectivity index (χ0) is 17.5. The second-order valence-corrected chi connectivity index (χ2v) is 7.51. The van der Waals surface area contributed by atoms with Gasteiger partial charge in [0.25, 0.3) is 11.8 Å². The summed E-state index contributed by atoms with van der Waals surface area (Å²) in [5.74, 6) is -1.61. The van der Waals surface area contributed by atoms with E-state index in [0.717, 1.165) is 25.9 Å². The van der Waals surface area contributed by atoms with E-state index in [1.54, 1.807) is 5.38 Å².